The highest BCUT2D eigenvalue weighted by Crippen LogP contribution is 2.41. The zero-order chi connectivity index (χ0) is 22.6. The third-order valence-corrected chi connectivity index (χ3v) is 9.26. The van der Waals surface area contributed by atoms with Gasteiger partial charge in [-0.05, 0) is 71.2 Å². The van der Waals surface area contributed by atoms with Crippen LogP contribution in [0.1, 0.15) is 56.5 Å². The van der Waals surface area contributed by atoms with Crippen LogP contribution in [0.15, 0.2) is 47.4 Å². The molecule has 0 saturated carbocycles. The number of nitrogens with one attached hydrogen (secondary N) is 1. The predicted molar refractivity (Wildman–Crippen MR) is 127 cm³/mol. The second kappa shape index (κ2) is 8.12. The molecule has 166 valence electrons. The second-order valence-electron chi connectivity index (χ2n) is 9.05. The van der Waals surface area contributed by atoms with Crippen molar-refractivity contribution >= 4 is 43.9 Å². The Labute approximate surface area is 192 Å². The Balaban J connectivity index is 1.94. The second-order valence-corrected chi connectivity index (χ2v) is 13.3. The standard InChI is InChI=1S/C23H27ClN2O3S2/c1-15-8-11-17(12-9-15)31(28,29)26-20-7-5-6-19(25-30(27)23(2,3)4)22(20)18-13-10-16(24)14-21(18)26/h8-14,19,25H,5-7H2,1-4H3/t19-,30+/m0/s1. The van der Waals surface area contributed by atoms with Crippen LogP contribution in [0, 0.1) is 6.92 Å². The molecular formula is C23H27ClN2O3S2. The van der Waals surface area contributed by atoms with E-state index in [0.29, 0.717) is 17.0 Å². The number of hydrogen-bond acceptors (Lipinski definition) is 4. The molecule has 0 fully saturated rings. The van der Waals surface area contributed by atoms with Gasteiger partial charge in [0, 0.05) is 33.0 Å². The summed E-state index contributed by atoms with van der Waals surface area (Å²) in [5, 5.41) is 1.31. The van der Waals surface area contributed by atoms with Crippen molar-refractivity contribution < 1.29 is 13.0 Å². The summed E-state index contributed by atoms with van der Waals surface area (Å²) < 4.78 is 44.6. The van der Waals surface area contributed by atoms with Crippen LogP contribution in [0.2, 0.25) is 5.02 Å². The number of hydrogen-bond donors (Lipinski definition) is 1. The lowest BCUT2D eigenvalue weighted by Crippen LogP contribution is -2.42. The van der Waals surface area contributed by atoms with Gasteiger partial charge in [-0.15, -0.1) is 4.72 Å². The van der Waals surface area contributed by atoms with E-state index in [4.69, 9.17) is 11.6 Å². The highest BCUT2D eigenvalue weighted by molar-refractivity contribution is 7.91. The molecule has 0 saturated heterocycles. The minimum absolute atomic E-state index is 0.193. The normalized spacial score (nSPS) is 18.2. The summed E-state index contributed by atoms with van der Waals surface area (Å²) >= 11 is 5.00. The highest BCUT2D eigenvalue weighted by atomic mass is 35.5. The molecule has 2 atom stereocenters. The van der Waals surface area contributed by atoms with Gasteiger partial charge in [0.05, 0.1) is 16.5 Å². The lowest BCUT2D eigenvalue weighted by Gasteiger charge is -2.30. The Bertz CT molecular complexity index is 1230. The quantitative estimate of drug-likeness (QED) is 0.518. The molecule has 1 aliphatic carbocycles. The molecule has 0 amide bonds. The first kappa shape index (κ1) is 22.7. The fourth-order valence-corrected chi connectivity index (χ4v) is 6.66. The number of fused-ring (bicyclic) bond motifs is 3. The molecule has 1 N–H and O–H groups in total. The predicted octanol–water partition coefficient (Wildman–Crippen LogP) is 5.27. The number of benzene rings is 2. The summed E-state index contributed by atoms with van der Waals surface area (Å²) in [5.41, 5.74) is 3.21. The van der Waals surface area contributed by atoms with Gasteiger partial charge in [0.1, 0.15) is 4.75 Å². The van der Waals surface area contributed by atoms with Crippen molar-refractivity contribution in [3.8, 4) is 0 Å². The first-order valence-corrected chi connectivity index (χ1v) is 13.3. The van der Waals surface area contributed by atoms with Gasteiger partial charge in [-0.3, -0.25) is 0 Å². The number of nitrogens with zero attached hydrogens (tertiary/aromatic N) is 1. The van der Waals surface area contributed by atoms with Gasteiger partial charge < -0.3 is 4.55 Å². The Kier molecular flexibility index (Phi) is 5.94. The SMILES string of the molecule is Cc1ccc(S(=O)(=O)n2c3c(c4ccc(Cl)cc42)[C@@H](N[S@+]([O-])C(C)(C)C)CCC3)cc1. The van der Waals surface area contributed by atoms with Crippen molar-refractivity contribution in [2.45, 2.75) is 62.6 Å². The summed E-state index contributed by atoms with van der Waals surface area (Å²) in [6.45, 7) is 7.69. The molecule has 5 nitrogen and oxygen atoms in total. The van der Waals surface area contributed by atoms with Gasteiger partial charge in [0.2, 0.25) is 0 Å². The summed E-state index contributed by atoms with van der Waals surface area (Å²) in [5.74, 6) is 0. The molecule has 3 aromatic rings. The van der Waals surface area contributed by atoms with E-state index in [1.165, 1.54) is 3.97 Å². The van der Waals surface area contributed by atoms with Gasteiger partial charge in [-0.25, -0.2) is 12.4 Å². The van der Waals surface area contributed by atoms with Crippen molar-refractivity contribution in [3.63, 3.8) is 0 Å². The molecule has 31 heavy (non-hydrogen) atoms. The van der Waals surface area contributed by atoms with Gasteiger partial charge in [-0.1, -0.05) is 35.4 Å². The van der Waals surface area contributed by atoms with Crippen LogP contribution in [0.5, 0.6) is 0 Å². The van der Waals surface area contributed by atoms with Gasteiger partial charge in [0.25, 0.3) is 10.0 Å². The molecule has 0 radical (unpaired) electrons. The molecule has 8 heteroatoms. The first-order chi connectivity index (χ1) is 14.5. The third-order valence-electron chi connectivity index (χ3n) is 5.64. The van der Waals surface area contributed by atoms with E-state index >= 15 is 0 Å². The van der Waals surface area contributed by atoms with E-state index in [1.807, 2.05) is 33.8 Å². The smallest absolute Gasteiger partial charge is 0.268 e. The Hall–Kier alpha value is -1.51. The summed E-state index contributed by atoms with van der Waals surface area (Å²) in [4.78, 5) is 0.242. The first-order valence-electron chi connectivity index (χ1n) is 10.3. The van der Waals surface area contributed by atoms with E-state index in [2.05, 4.69) is 4.72 Å². The molecular weight excluding hydrogens is 452 g/mol. The maximum Gasteiger partial charge on any atom is 0.268 e. The Morgan fingerprint density at radius 1 is 1.16 bits per heavy atom. The zero-order valence-corrected chi connectivity index (χ0v) is 20.5. The van der Waals surface area contributed by atoms with Crippen molar-refractivity contribution in [2.75, 3.05) is 0 Å². The number of aromatic nitrogens is 1. The van der Waals surface area contributed by atoms with Crippen molar-refractivity contribution in [2.24, 2.45) is 0 Å². The third kappa shape index (κ3) is 4.14. The summed E-state index contributed by atoms with van der Waals surface area (Å²) in [6, 6.07) is 12.0. The van der Waals surface area contributed by atoms with Crippen LogP contribution in [0.3, 0.4) is 0 Å². The fourth-order valence-electron chi connectivity index (χ4n) is 4.07. The monoisotopic (exact) mass is 478 g/mol. The molecule has 1 heterocycles. The van der Waals surface area contributed by atoms with Crippen molar-refractivity contribution in [1.29, 1.82) is 0 Å². The molecule has 0 aliphatic heterocycles. The summed E-state index contributed by atoms with van der Waals surface area (Å²) in [6.07, 6.45) is 2.23. The van der Waals surface area contributed by atoms with Crippen LogP contribution in [0.4, 0.5) is 0 Å². The molecule has 0 unspecified atom stereocenters. The number of aryl methyl sites for hydroxylation is 1. The molecule has 1 aromatic heterocycles. The Morgan fingerprint density at radius 2 is 1.84 bits per heavy atom. The highest BCUT2D eigenvalue weighted by Gasteiger charge is 2.36. The minimum atomic E-state index is -3.82. The lowest BCUT2D eigenvalue weighted by atomic mass is 9.91. The van der Waals surface area contributed by atoms with E-state index in [0.717, 1.165) is 35.0 Å². The fraction of sp³-hybridized carbons (Fsp3) is 0.391. The van der Waals surface area contributed by atoms with Crippen LogP contribution in [-0.4, -0.2) is 21.7 Å². The van der Waals surface area contributed by atoms with Crippen LogP contribution in [0.25, 0.3) is 10.9 Å². The van der Waals surface area contributed by atoms with E-state index in [-0.39, 0.29) is 10.9 Å². The van der Waals surface area contributed by atoms with Gasteiger partial charge in [-0.2, -0.15) is 0 Å². The molecule has 0 bridgehead atoms. The average Bonchev–Trinajstić information content (AvgIpc) is 3.02. The molecule has 4 rings (SSSR count). The minimum Gasteiger partial charge on any atom is -0.598 e. The lowest BCUT2D eigenvalue weighted by molar-refractivity contribution is 0.488. The summed E-state index contributed by atoms with van der Waals surface area (Å²) in [7, 11) is -3.82. The maximum atomic E-state index is 13.7. The van der Waals surface area contributed by atoms with E-state index < -0.39 is 26.1 Å². The van der Waals surface area contributed by atoms with E-state index in [9.17, 15) is 13.0 Å². The largest absolute Gasteiger partial charge is 0.598 e. The van der Waals surface area contributed by atoms with Gasteiger partial charge in [0.15, 0.2) is 0 Å². The molecule has 0 spiro atoms. The average molecular weight is 479 g/mol. The van der Waals surface area contributed by atoms with Crippen LogP contribution >= 0.6 is 11.6 Å². The maximum absolute atomic E-state index is 13.7. The van der Waals surface area contributed by atoms with E-state index in [1.54, 1.807) is 36.4 Å². The number of rotatable bonds is 4. The van der Waals surface area contributed by atoms with Gasteiger partial charge >= 0.3 is 0 Å². The number of halogens is 1. The molecule has 2 aromatic carbocycles. The van der Waals surface area contributed by atoms with Crippen molar-refractivity contribution in [1.82, 2.24) is 8.69 Å². The Morgan fingerprint density at radius 3 is 2.48 bits per heavy atom. The van der Waals surface area contributed by atoms with Crippen LogP contribution in [-0.2, 0) is 27.8 Å². The van der Waals surface area contributed by atoms with Crippen molar-refractivity contribution in [3.05, 3.63) is 64.3 Å². The molecule has 1 aliphatic rings. The van der Waals surface area contributed by atoms with Crippen LogP contribution < -0.4 is 4.72 Å². The topological polar surface area (TPSA) is 74.2 Å². The zero-order valence-electron chi connectivity index (χ0n) is 18.1.